The van der Waals surface area contributed by atoms with Crippen molar-refractivity contribution < 1.29 is 9.90 Å². The highest BCUT2D eigenvalue weighted by Crippen LogP contribution is 2.18. The van der Waals surface area contributed by atoms with Crippen molar-refractivity contribution in [3.63, 3.8) is 0 Å². The van der Waals surface area contributed by atoms with Crippen LogP contribution in [-0.2, 0) is 4.79 Å². The molecule has 0 atom stereocenters. The van der Waals surface area contributed by atoms with Gasteiger partial charge in [-0.1, -0.05) is 6.92 Å². The standard InChI is InChI=1S/C10H17NO2/c1-3-9(10(12)13)8(2)11-6-4-5-7-11/h3-7H2,1-2H3,(H,12,13). The van der Waals surface area contributed by atoms with Crippen LogP contribution >= 0.6 is 0 Å². The summed E-state index contributed by atoms with van der Waals surface area (Å²) >= 11 is 0. The Hall–Kier alpha value is -0.990. The zero-order valence-electron chi connectivity index (χ0n) is 8.34. The maximum absolute atomic E-state index is 10.8. The second-order valence-corrected chi connectivity index (χ2v) is 3.42. The molecule has 0 radical (unpaired) electrons. The van der Waals surface area contributed by atoms with Crippen LogP contribution in [0.5, 0.6) is 0 Å². The Morgan fingerprint density at radius 2 is 1.92 bits per heavy atom. The first-order chi connectivity index (χ1) is 6.16. The van der Waals surface area contributed by atoms with Gasteiger partial charge in [-0.05, 0) is 26.2 Å². The van der Waals surface area contributed by atoms with Gasteiger partial charge in [0.05, 0.1) is 5.57 Å². The van der Waals surface area contributed by atoms with Crippen LogP contribution in [0.2, 0.25) is 0 Å². The van der Waals surface area contributed by atoms with Crippen LogP contribution in [-0.4, -0.2) is 29.1 Å². The summed E-state index contributed by atoms with van der Waals surface area (Å²) in [6, 6.07) is 0. The van der Waals surface area contributed by atoms with Crippen molar-refractivity contribution in [2.45, 2.75) is 33.1 Å². The molecule has 0 spiro atoms. The minimum absolute atomic E-state index is 0.557. The summed E-state index contributed by atoms with van der Waals surface area (Å²) in [7, 11) is 0. The topological polar surface area (TPSA) is 40.5 Å². The SMILES string of the molecule is CCC(C(=O)O)=C(C)N1CCCC1. The van der Waals surface area contributed by atoms with E-state index >= 15 is 0 Å². The maximum Gasteiger partial charge on any atom is 0.333 e. The average molecular weight is 183 g/mol. The van der Waals surface area contributed by atoms with Gasteiger partial charge in [-0.25, -0.2) is 4.79 Å². The smallest absolute Gasteiger partial charge is 0.333 e. The summed E-state index contributed by atoms with van der Waals surface area (Å²) < 4.78 is 0. The zero-order valence-corrected chi connectivity index (χ0v) is 8.34. The molecule has 3 heteroatoms. The first-order valence-electron chi connectivity index (χ1n) is 4.84. The number of hydrogen-bond donors (Lipinski definition) is 1. The van der Waals surface area contributed by atoms with Gasteiger partial charge in [-0.3, -0.25) is 0 Å². The van der Waals surface area contributed by atoms with E-state index in [1.165, 1.54) is 12.8 Å². The predicted molar refractivity (Wildman–Crippen MR) is 51.4 cm³/mol. The van der Waals surface area contributed by atoms with E-state index in [9.17, 15) is 4.79 Å². The summed E-state index contributed by atoms with van der Waals surface area (Å²) in [6.07, 6.45) is 2.99. The third-order valence-electron chi connectivity index (χ3n) is 2.63. The number of allylic oxidation sites excluding steroid dienone is 1. The van der Waals surface area contributed by atoms with Crippen molar-refractivity contribution in [1.82, 2.24) is 4.90 Å². The van der Waals surface area contributed by atoms with E-state index in [0.717, 1.165) is 18.8 Å². The van der Waals surface area contributed by atoms with Gasteiger partial charge < -0.3 is 10.0 Å². The Morgan fingerprint density at radius 3 is 2.31 bits per heavy atom. The first kappa shape index (κ1) is 10.1. The molecule has 0 aromatic heterocycles. The molecular weight excluding hydrogens is 166 g/mol. The summed E-state index contributed by atoms with van der Waals surface area (Å²) in [5, 5.41) is 8.92. The van der Waals surface area contributed by atoms with Gasteiger partial charge in [0.2, 0.25) is 0 Å². The number of likely N-dealkylation sites (tertiary alicyclic amines) is 1. The molecule has 0 bridgehead atoms. The highest BCUT2D eigenvalue weighted by atomic mass is 16.4. The Labute approximate surface area is 79.0 Å². The van der Waals surface area contributed by atoms with Crippen LogP contribution < -0.4 is 0 Å². The van der Waals surface area contributed by atoms with Gasteiger partial charge in [-0.2, -0.15) is 0 Å². The van der Waals surface area contributed by atoms with Crippen molar-refractivity contribution >= 4 is 5.97 Å². The number of carboxylic acid groups (broad SMARTS) is 1. The van der Waals surface area contributed by atoms with Crippen LogP contribution in [0.4, 0.5) is 0 Å². The molecule has 1 saturated heterocycles. The second-order valence-electron chi connectivity index (χ2n) is 3.42. The third kappa shape index (κ3) is 2.23. The summed E-state index contributed by atoms with van der Waals surface area (Å²) in [5.74, 6) is -0.771. The normalized spacial score (nSPS) is 18.8. The zero-order chi connectivity index (χ0) is 9.84. The van der Waals surface area contributed by atoms with Crippen LogP contribution in [0, 0.1) is 0 Å². The largest absolute Gasteiger partial charge is 0.478 e. The van der Waals surface area contributed by atoms with E-state index in [2.05, 4.69) is 4.90 Å². The molecule has 0 saturated carbocycles. The van der Waals surface area contributed by atoms with Crippen molar-refractivity contribution in [2.24, 2.45) is 0 Å². The monoisotopic (exact) mass is 183 g/mol. The van der Waals surface area contributed by atoms with E-state index in [1.807, 2.05) is 13.8 Å². The minimum atomic E-state index is -0.771. The Morgan fingerprint density at radius 1 is 1.38 bits per heavy atom. The Kier molecular flexibility index (Phi) is 3.34. The highest BCUT2D eigenvalue weighted by Gasteiger charge is 2.17. The van der Waals surface area contributed by atoms with Gasteiger partial charge in [0.15, 0.2) is 0 Å². The van der Waals surface area contributed by atoms with Gasteiger partial charge in [-0.15, -0.1) is 0 Å². The van der Waals surface area contributed by atoms with Crippen molar-refractivity contribution in [2.75, 3.05) is 13.1 Å². The molecule has 0 aromatic rings. The fourth-order valence-corrected chi connectivity index (χ4v) is 1.81. The first-order valence-corrected chi connectivity index (χ1v) is 4.84. The molecule has 1 N–H and O–H groups in total. The van der Waals surface area contributed by atoms with Gasteiger partial charge in [0.1, 0.15) is 0 Å². The van der Waals surface area contributed by atoms with Crippen molar-refractivity contribution in [1.29, 1.82) is 0 Å². The number of carboxylic acids is 1. The molecule has 0 aromatic carbocycles. The molecule has 1 heterocycles. The van der Waals surface area contributed by atoms with E-state index < -0.39 is 5.97 Å². The quantitative estimate of drug-likeness (QED) is 0.679. The van der Waals surface area contributed by atoms with Crippen LogP contribution in [0.3, 0.4) is 0 Å². The lowest BCUT2D eigenvalue weighted by Gasteiger charge is -2.20. The Balaban J connectivity index is 2.79. The average Bonchev–Trinajstić information content (AvgIpc) is 2.56. The molecule has 0 unspecified atom stereocenters. The number of rotatable bonds is 3. The van der Waals surface area contributed by atoms with E-state index in [1.54, 1.807) is 0 Å². The molecule has 74 valence electrons. The predicted octanol–water partition coefficient (Wildman–Crippen LogP) is 1.85. The van der Waals surface area contributed by atoms with E-state index in [4.69, 9.17) is 5.11 Å². The molecule has 1 fully saturated rings. The Bertz CT molecular complexity index is 227. The van der Waals surface area contributed by atoms with Crippen molar-refractivity contribution in [3.8, 4) is 0 Å². The van der Waals surface area contributed by atoms with E-state index in [0.29, 0.717) is 12.0 Å². The fraction of sp³-hybridized carbons (Fsp3) is 0.700. The molecule has 0 amide bonds. The van der Waals surface area contributed by atoms with Crippen LogP contribution in [0.25, 0.3) is 0 Å². The van der Waals surface area contributed by atoms with E-state index in [-0.39, 0.29) is 0 Å². The lowest BCUT2D eigenvalue weighted by molar-refractivity contribution is -0.132. The molecule has 1 rings (SSSR count). The van der Waals surface area contributed by atoms with Crippen LogP contribution in [0.15, 0.2) is 11.3 Å². The van der Waals surface area contributed by atoms with Gasteiger partial charge >= 0.3 is 5.97 Å². The molecule has 1 aliphatic rings. The second kappa shape index (κ2) is 4.30. The number of carbonyl (C=O) groups is 1. The lowest BCUT2D eigenvalue weighted by atomic mass is 10.1. The summed E-state index contributed by atoms with van der Waals surface area (Å²) in [6.45, 7) is 5.84. The number of nitrogens with zero attached hydrogens (tertiary/aromatic N) is 1. The van der Waals surface area contributed by atoms with Gasteiger partial charge in [0, 0.05) is 18.8 Å². The molecular formula is C10H17NO2. The molecule has 13 heavy (non-hydrogen) atoms. The minimum Gasteiger partial charge on any atom is -0.478 e. The summed E-state index contributed by atoms with van der Waals surface area (Å²) in [5.41, 5.74) is 1.51. The number of aliphatic carboxylic acids is 1. The molecule has 3 nitrogen and oxygen atoms in total. The van der Waals surface area contributed by atoms with Crippen molar-refractivity contribution in [3.05, 3.63) is 11.3 Å². The van der Waals surface area contributed by atoms with Crippen LogP contribution in [0.1, 0.15) is 33.1 Å². The summed E-state index contributed by atoms with van der Waals surface area (Å²) in [4.78, 5) is 13.0. The lowest BCUT2D eigenvalue weighted by Crippen LogP contribution is -2.20. The fourth-order valence-electron chi connectivity index (χ4n) is 1.81. The van der Waals surface area contributed by atoms with Gasteiger partial charge in [0.25, 0.3) is 0 Å². The highest BCUT2D eigenvalue weighted by molar-refractivity contribution is 5.87. The third-order valence-corrected chi connectivity index (χ3v) is 2.63. The maximum atomic E-state index is 10.8. The molecule has 0 aliphatic carbocycles. The molecule has 1 aliphatic heterocycles. The number of hydrogen-bond acceptors (Lipinski definition) is 2.